The van der Waals surface area contributed by atoms with E-state index in [-0.39, 0.29) is 0 Å². The molecule has 1 rings (SSSR count). The Kier molecular flexibility index (Phi) is 4.93. The molecule has 2 nitrogen and oxygen atoms in total. The number of hydrogen-bond donors (Lipinski definition) is 0. The van der Waals surface area contributed by atoms with Gasteiger partial charge in [-0.25, -0.2) is 0 Å². The Morgan fingerprint density at radius 1 is 1.12 bits per heavy atom. The number of allylic oxidation sites excluding steroid dienone is 2. The van der Waals surface area contributed by atoms with Crippen LogP contribution in [-0.2, 0) is 16.1 Å². The minimum atomic E-state index is 0.489. The fourth-order valence-corrected chi connectivity index (χ4v) is 1.25. The lowest BCUT2D eigenvalue weighted by atomic mass is 10.2. The van der Waals surface area contributed by atoms with Gasteiger partial charge in [0.05, 0.1) is 7.11 Å². The summed E-state index contributed by atoms with van der Waals surface area (Å²) in [5, 5.41) is 0. The maximum absolute atomic E-state index is 5.59. The molecule has 0 bridgehead atoms. The van der Waals surface area contributed by atoms with E-state index in [2.05, 4.69) is 13.2 Å². The van der Waals surface area contributed by atoms with Gasteiger partial charge >= 0.3 is 0 Å². The Balaban J connectivity index is 2.69. The summed E-state index contributed by atoms with van der Waals surface area (Å²) >= 11 is 0. The van der Waals surface area contributed by atoms with Crippen molar-refractivity contribution in [3.8, 4) is 0 Å². The van der Waals surface area contributed by atoms with Crippen molar-refractivity contribution in [3.05, 3.63) is 72.7 Å². The molecule has 0 fully saturated rings. The number of benzene rings is 1. The summed E-state index contributed by atoms with van der Waals surface area (Å²) in [5.74, 6) is 1.19. The van der Waals surface area contributed by atoms with Crippen LogP contribution in [0.2, 0.25) is 0 Å². The third-order valence-electron chi connectivity index (χ3n) is 2.07. The summed E-state index contributed by atoms with van der Waals surface area (Å²) in [6.45, 7) is 7.81. The number of methoxy groups -OCH3 is 1. The minimum Gasteiger partial charge on any atom is -0.493 e. The fourth-order valence-electron chi connectivity index (χ4n) is 1.25. The zero-order chi connectivity index (χ0) is 11.8. The van der Waals surface area contributed by atoms with Gasteiger partial charge in [0.2, 0.25) is 0 Å². The maximum atomic E-state index is 5.59. The highest BCUT2D eigenvalue weighted by Gasteiger charge is 2.02. The second-order valence-electron chi connectivity index (χ2n) is 3.12. The first-order valence-electron chi connectivity index (χ1n) is 5.01. The molecule has 0 aliphatic rings. The molecule has 2 heteroatoms. The molecule has 16 heavy (non-hydrogen) atoms. The quantitative estimate of drug-likeness (QED) is 0.535. The number of hydrogen-bond acceptors (Lipinski definition) is 2. The van der Waals surface area contributed by atoms with Crippen LogP contribution >= 0.6 is 0 Å². The van der Waals surface area contributed by atoms with Gasteiger partial charge in [0, 0.05) is 0 Å². The summed E-state index contributed by atoms with van der Waals surface area (Å²) in [5.41, 5.74) is 1.10. The molecule has 0 amide bonds. The predicted molar refractivity (Wildman–Crippen MR) is 65.7 cm³/mol. The van der Waals surface area contributed by atoms with Crippen molar-refractivity contribution in [1.82, 2.24) is 0 Å². The summed E-state index contributed by atoms with van der Waals surface area (Å²) in [6, 6.07) is 9.92. The standard InChI is InChI=1S/C14H16O2/c1-4-13(15-3)14(5-2)16-11-12-9-7-6-8-10-12/h4-10H,1-2,11H2,3H3. The van der Waals surface area contributed by atoms with Gasteiger partial charge < -0.3 is 9.47 Å². The van der Waals surface area contributed by atoms with Crippen LogP contribution in [0.15, 0.2) is 67.2 Å². The van der Waals surface area contributed by atoms with E-state index in [4.69, 9.17) is 9.47 Å². The van der Waals surface area contributed by atoms with Gasteiger partial charge in [-0.3, -0.25) is 0 Å². The molecule has 0 atom stereocenters. The molecule has 0 aromatic heterocycles. The van der Waals surface area contributed by atoms with Gasteiger partial charge in [-0.15, -0.1) is 0 Å². The SMILES string of the molecule is C=CC(OC)=C(C=C)OCc1ccccc1. The summed E-state index contributed by atoms with van der Waals surface area (Å²) in [4.78, 5) is 0. The first-order chi connectivity index (χ1) is 7.81. The normalized spacial score (nSPS) is 11.3. The summed E-state index contributed by atoms with van der Waals surface area (Å²) < 4.78 is 10.7. The minimum absolute atomic E-state index is 0.489. The molecule has 0 saturated carbocycles. The maximum Gasteiger partial charge on any atom is 0.161 e. The molecule has 0 heterocycles. The van der Waals surface area contributed by atoms with Crippen molar-refractivity contribution in [3.63, 3.8) is 0 Å². The zero-order valence-corrected chi connectivity index (χ0v) is 9.48. The Bertz CT molecular complexity index is 377. The van der Waals surface area contributed by atoms with Gasteiger partial charge in [0.25, 0.3) is 0 Å². The average Bonchev–Trinajstić information content (AvgIpc) is 2.35. The molecule has 0 N–H and O–H groups in total. The Labute approximate surface area is 96.5 Å². The lowest BCUT2D eigenvalue weighted by Crippen LogP contribution is -1.96. The molecular weight excluding hydrogens is 200 g/mol. The predicted octanol–water partition coefficient (Wildman–Crippen LogP) is 3.43. The molecule has 0 radical (unpaired) electrons. The van der Waals surface area contributed by atoms with Crippen LogP contribution in [0.5, 0.6) is 0 Å². The molecule has 0 aliphatic heterocycles. The lowest BCUT2D eigenvalue weighted by molar-refractivity contribution is 0.183. The van der Waals surface area contributed by atoms with E-state index in [9.17, 15) is 0 Å². The van der Waals surface area contributed by atoms with Gasteiger partial charge in [-0.2, -0.15) is 0 Å². The topological polar surface area (TPSA) is 18.5 Å². The van der Waals surface area contributed by atoms with Crippen LogP contribution in [-0.4, -0.2) is 7.11 Å². The molecule has 1 aromatic rings. The van der Waals surface area contributed by atoms with Crippen molar-refractivity contribution >= 4 is 0 Å². The second kappa shape index (κ2) is 6.51. The largest absolute Gasteiger partial charge is 0.493 e. The van der Waals surface area contributed by atoms with Crippen LogP contribution in [0.3, 0.4) is 0 Å². The van der Waals surface area contributed by atoms with Crippen molar-refractivity contribution in [1.29, 1.82) is 0 Å². The highest BCUT2D eigenvalue weighted by atomic mass is 16.5. The number of ether oxygens (including phenoxy) is 2. The third-order valence-corrected chi connectivity index (χ3v) is 2.07. The van der Waals surface area contributed by atoms with Gasteiger partial charge in [0.15, 0.2) is 11.5 Å². The van der Waals surface area contributed by atoms with Crippen molar-refractivity contribution in [2.45, 2.75) is 6.61 Å². The van der Waals surface area contributed by atoms with Crippen molar-refractivity contribution < 1.29 is 9.47 Å². The van der Waals surface area contributed by atoms with Crippen molar-refractivity contribution in [2.24, 2.45) is 0 Å². The molecule has 1 aromatic carbocycles. The lowest BCUT2D eigenvalue weighted by Gasteiger charge is -2.10. The Morgan fingerprint density at radius 3 is 2.25 bits per heavy atom. The smallest absolute Gasteiger partial charge is 0.161 e. The van der Waals surface area contributed by atoms with Crippen LogP contribution in [0.1, 0.15) is 5.56 Å². The first-order valence-corrected chi connectivity index (χ1v) is 5.01. The highest BCUT2D eigenvalue weighted by Crippen LogP contribution is 2.12. The van der Waals surface area contributed by atoms with Crippen LogP contribution in [0.4, 0.5) is 0 Å². The van der Waals surface area contributed by atoms with E-state index < -0.39 is 0 Å². The molecule has 0 unspecified atom stereocenters. The fraction of sp³-hybridized carbons (Fsp3) is 0.143. The average molecular weight is 216 g/mol. The van der Waals surface area contributed by atoms with Gasteiger partial charge in [-0.05, 0) is 17.7 Å². The van der Waals surface area contributed by atoms with E-state index >= 15 is 0 Å². The molecule has 84 valence electrons. The zero-order valence-electron chi connectivity index (χ0n) is 9.48. The second-order valence-corrected chi connectivity index (χ2v) is 3.12. The van der Waals surface area contributed by atoms with E-state index in [1.54, 1.807) is 19.3 Å². The van der Waals surface area contributed by atoms with E-state index in [1.807, 2.05) is 30.3 Å². The monoisotopic (exact) mass is 216 g/mol. The third kappa shape index (κ3) is 3.31. The molecule has 0 spiro atoms. The molecule has 0 saturated heterocycles. The Hall–Kier alpha value is -1.96. The molecular formula is C14H16O2. The van der Waals surface area contributed by atoms with Gasteiger partial charge in [0.1, 0.15) is 6.61 Å². The summed E-state index contributed by atoms with van der Waals surface area (Å²) in [6.07, 6.45) is 3.21. The number of rotatable bonds is 6. The molecule has 0 aliphatic carbocycles. The van der Waals surface area contributed by atoms with Crippen LogP contribution < -0.4 is 0 Å². The summed E-state index contributed by atoms with van der Waals surface area (Å²) in [7, 11) is 1.58. The highest BCUT2D eigenvalue weighted by molar-refractivity contribution is 5.22. The van der Waals surface area contributed by atoms with E-state index in [0.717, 1.165) is 5.56 Å². The van der Waals surface area contributed by atoms with Crippen LogP contribution in [0.25, 0.3) is 0 Å². The van der Waals surface area contributed by atoms with Crippen molar-refractivity contribution in [2.75, 3.05) is 7.11 Å². The van der Waals surface area contributed by atoms with Crippen LogP contribution in [0, 0.1) is 0 Å². The Morgan fingerprint density at radius 2 is 1.75 bits per heavy atom. The van der Waals surface area contributed by atoms with E-state index in [1.165, 1.54) is 0 Å². The first kappa shape index (κ1) is 12.1. The van der Waals surface area contributed by atoms with Gasteiger partial charge in [-0.1, -0.05) is 43.5 Å². The van der Waals surface area contributed by atoms with E-state index in [0.29, 0.717) is 18.1 Å².